The second kappa shape index (κ2) is 7.36. The van der Waals surface area contributed by atoms with Crippen LogP contribution in [0.2, 0.25) is 0 Å². The summed E-state index contributed by atoms with van der Waals surface area (Å²) in [5.74, 6) is 0.534. The summed E-state index contributed by atoms with van der Waals surface area (Å²) in [5, 5.41) is 4.95. The molecule has 0 aromatic rings. The molecule has 1 aliphatic carbocycles. The van der Waals surface area contributed by atoms with Crippen molar-refractivity contribution in [2.24, 2.45) is 5.92 Å². The molecule has 0 radical (unpaired) electrons. The molecule has 1 rings (SSSR count). The first-order valence-corrected chi connectivity index (χ1v) is 6.91. The maximum absolute atomic E-state index is 11.9. The smallest absolute Gasteiger partial charge is 0.321 e. The van der Waals surface area contributed by atoms with E-state index in [-0.39, 0.29) is 11.9 Å². The zero-order chi connectivity index (χ0) is 13.5. The fraction of sp³-hybridized carbons (Fsp3) is 0.846. The molecule has 0 aromatic heterocycles. The van der Waals surface area contributed by atoms with Crippen molar-refractivity contribution < 1.29 is 9.59 Å². The third-order valence-electron chi connectivity index (χ3n) is 3.20. The highest BCUT2D eigenvalue weighted by Gasteiger charge is 2.29. The van der Waals surface area contributed by atoms with Crippen molar-refractivity contribution >= 4 is 11.9 Å². The number of urea groups is 1. The Morgan fingerprint density at radius 3 is 2.50 bits per heavy atom. The van der Waals surface area contributed by atoms with Crippen molar-refractivity contribution in [3.8, 4) is 0 Å². The Balaban J connectivity index is 2.43. The van der Waals surface area contributed by atoms with E-state index in [1.165, 1.54) is 12.8 Å². The molecule has 0 spiro atoms. The van der Waals surface area contributed by atoms with Crippen LogP contribution in [-0.2, 0) is 4.79 Å². The van der Waals surface area contributed by atoms with Gasteiger partial charge in [0.05, 0.1) is 6.04 Å². The van der Waals surface area contributed by atoms with Gasteiger partial charge >= 0.3 is 6.03 Å². The Hall–Kier alpha value is -1.10. The Labute approximate surface area is 109 Å². The van der Waals surface area contributed by atoms with Crippen molar-refractivity contribution in [2.45, 2.75) is 46.1 Å². The van der Waals surface area contributed by atoms with Crippen LogP contribution in [0.1, 0.15) is 40.0 Å². The molecule has 0 aromatic carbocycles. The van der Waals surface area contributed by atoms with Gasteiger partial charge in [0.1, 0.15) is 0 Å². The normalized spacial score (nSPS) is 16.4. The van der Waals surface area contributed by atoms with Crippen LogP contribution in [0.3, 0.4) is 0 Å². The Kier molecular flexibility index (Phi) is 6.12. The number of imide groups is 1. The SMILES string of the molecule is CCCN(CC1CC1)C(C)C(=O)NC(=O)NCC. The number of nitrogens with one attached hydrogen (secondary N) is 2. The third-order valence-corrected chi connectivity index (χ3v) is 3.20. The summed E-state index contributed by atoms with van der Waals surface area (Å²) in [6.07, 6.45) is 3.56. The van der Waals surface area contributed by atoms with Crippen LogP contribution in [-0.4, -0.2) is 42.5 Å². The van der Waals surface area contributed by atoms with Crippen molar-refractivity contribution in [1.29, 1.82) is 0 Å². The van der Waals surface area contributed by atoms with Crippen molar-refractivity contribution in [3.05, 3.63) is 0 Å². The molecule has 5 nitrogen and oxygen atoms in total. The Morgan fingerprint density at radius 1 is 1.33 bits per heavy atom. The maximum Gasteiger partial charge on any atom is 0.321 e. The summed E-state index contributed by atoms with van der Waals surface area (Å²) in [6.45, 7) is 8.19. The van der Waals surface area contributed by atoms with Gasteiger partial charge in [-0.15, -0.1) is 0 Å². The highest BCUT2D eigenvalue weighted by atomic mass is 16.2. The summed E-state index contributed by atoms with van der Waals surface area (Å²) in [5.41, 5.74) is 0. The summed E-state index contributed by atoms with van der Waals surface area (Å²) in [6, 6.07) is -0.648. The molecule has 2 N–H and O–H groups in total. The van der Waals surface area contributed by atoms with E-state index in [9.17, 15) is 9.59 Å². The van der Waals surface area contributed by atoms with Gasteiger partial charge in [-0.3, -0.25) is 15.0 Å². The van der Waals surface area contributed by atoms with Crippen LogP contribution < -0.4 is 10.6 Å². The molecule has 1 saturated carbocycles. The van der Waals surface area contributed by atoms with E-state index in [4.69, 9.17) is 0 Å². The van der Waals surface area contributed by atoms with Crippen molar-refractivity contribution in [2.75, 3.05) is 19.6 Å². The first-order valence-electron chi connectivity index (χ1n) is 6.91. The molecule has 1 atom stereocenters. The molecule has 0 heterocycles. The van der Waals surface area contributed by atoms with Gasteiger partial charge in [-0.25, -0.2) is 4.79 Å². The van der Waals surface area contributed by atoms with E-state index in [0.29, 0.717) is 6.54 Å². The maximum atomic E-state index is 11.9. The van der Waals surface area contributed by atoms with Crippen LogP contribution in [0, 0.1) is 5.92 Å². The molecule has 1 fully saturated rings. The fourth-order valence-electron chi connectivity index (χ4n) is 1.95. The van der Waals surface area contributed by atoms with Gasteiger partial charge in [-0.1, -0.05) is 6.92 Å². The zero-order valence-corrected chi connectivity index (χ0v) is 11.7. The second-order valence-corrected chi connectivity index (χ2v) is 4.96. The van der Waals surface area contributed by atoms with Gasteiger partial charge in [0.25, 0.3) is 0 Å². The molecule has 0 saturated heterocycles. The van der Waals surface area contributed by atoms with E-state index < -0.39 is 6.03 Å². The van der Waals surface area contributed by atoms with Gasteiger partial charge in [0.15, 0.2) is 0 Å². The average molecular weight is 255 g/mol. The number of nitrogens with zero attached hydrogens (tertiary/aromatic N) is 1. The fourth-order valence-corrected chi connectivity index (χ4v) is 1.95. The average Bonchev–Trinajstić information content (AvgIpc) is 3.11. The molecule has 1 unspecified atom stereocenters. The van der Waals surface area contributed by atoms with Gasteiger partial charge in [0, 0.05) is 13.1 Å². The second-order valence-electron chi connectivity index (χ2n) is 4.96. The van der Waals surface area contributed by atoms with Crippen LogP contribution in [0.15, 0.2) is 0 Å². The van der Waals surface area contributed by atoms with Crippen LogP contribution in [0.5, 0.6) is 0 Å². The van der Waals surface area contributed by atoms with E-state index in [0.717, 1.165) is 25.4 Å². The lowest BCUT2D eigenvalue weighted by Gasteiger charge is -2.27. The first-order chi connectivity index (χ1) is 8.58. The van der Waals surface area contributed by atoms with E-state index in [1.807, 2.05) is 13.8 Å². The van der Waals surface area contributed by atoms with E-state index in [1.54, 1.807) is 0 Å². The predicted octanol–water partition coefficient (Wildman–Crippen LogP) is 1.34. The van der Waals surface area contributed by atoms with Gasteiger partial charge in [-0.05, 0) is 45.6 Å². The lowest BCUT2D eigenvalue weighted by atomic mass is 10.2. The summed E-state index contributed by atoms with van der Waals surface area (Å²) < 4.78 is 0. The molecule has 1 aliphatic rings. The highest BCUT2D eigenvalue weighted by Crippen LogP contribution is 2.30. The minimum absolute atomic E-state index is 0.213. The topological polar surface area (TPSA) is 61.4 Å². The number of hydrogen-bond acceptors (Lipinski definition) is 3. The number of rotatable bonds is 7. The Morgan fingerprint density at radius 2 is 2.00 bits per heavy atom. The van der Waals surface area contributed by atoms with Crippen LogP contribution in [0.4, 0.5) is 4.79 Å². The van der Waals surface area contributed by atoms with Crippen molar-refractivity contribution in [1.82, 2.24) is 15.5 Å². The lowest BCUT2D eigenvalue weighted by molar-refractivity contribution is -0.124. The minimum atomic E-state index is -0.405. The molecule has 3 amide bonds. The highest BCUT2D eigenvalue weighted by molar-refractivity contribution is 5.96. The molecule has 0 bridgehead atoms. The van der Waals surface area contributed by atoms with E-state index in [2.05, 4.69) is 22.5 Å². The largest absolute Gasteiger partial charge is 0.338 e. The number of carbonyl (C=O) groups excluding carboxylic acids is 2. The number of carbonyl (C=O) groups is 2. The number of hydrogen-bond donors (Lipinski definition) is 2. The zero-order valence-electron chi connectivity index (χ0n) is 11.7. The molecule has 18 heavy (non-hydrogen) atoms. The van der Waals surface area contributed by atoms with Gasteiger partial charge < -0.3 is 5.32 Å². The summed E-state index contributed by atoms with van der Waals surface area (Å²) in [4.78, 5) is 25.4. The summed E-state index contributed by atoms with van der Waals surface area (Å²) >= 11 is 0. The molecule has 104 valence electrons. The predicted molar refractivity (Wildman–Crippen MR) is 71.3 cm³/mol. The quantitative estimate of drug-likeness (QED) is 0.721. The Bertz CT molecular complexity index is 290. The van der Waals surface area contributed by atoms with Crippen LogP contribution >= 0.6 is 0 Å². The van der Waals surface area contributed by atoms with Crippen molar-refractivity contribution in [3.63, 3.8) is 0 Å². The molecule has 0 aliphatic heterocycles. The monoisotopic (exact) mass is 255 g/mol. The van der Waals surface area contributed by atoms with Crippen LogP contribution in [0.25, 0.3) is 0 Å². The molecule has 5 heteroatoms. The van der Waals surface area contributed by atoms with Gasteiger partial charge in [0.2, 0.25) is 5.91 Å². The van der Waals surface area contributed by atoms with E-state index >= 15 is 0 Å². The standard InChI is InChI=1S/C13H25N3O2/c1-4-8-16(9-11-6-7-11)10(3)12(17)15-13(18)14-5-2/h10-11H,4-9H2,1-3H3,(H2,14,15,17,18). The minimum Gasteiger partial charge on any atom is -0.338 e. The number of amides is 3. The molecular formula is C13H25N3O2. The summed E-state index contributed by atoms with van der Waals surface area (Å²) in [7, 11) is 0. The lowest BCUT2D eigenvalue weighted by Crippen LogP contribution is -2.50. The van der Waals surface area contributed by atoms with Gasteiger partial charge in [-0.2, -0.15) is 0 Å². The first kappa shape index (κ1) is 15.0. The molecular weight excluding hydrogens is 230 g/mol. The third kappa shape index (κ3) is 5.04.